The van der Waals surface area contributed by atoms with Crippen molar-refractivity contribution < 1.29 is 0 Å². The molecule has 0 bridgehead atoms. The second-order valence-corrected chi connectivity index (χ2v) is 5.84. The Hall–Kier alpha value is -2.87. The van der Waals surface area contributed by atoms with E-state index in [4.69, 9.17) is 4.98 Å². The van der Waals surface area contributed by atoms with Crippen molar-refractivity contribution in [2.75, 3.05) is 0 Å². The molecule has 0 unspecified atom stereocenters. The van der Waals surface area contributed by atoms with E-state index in [1.807, 2.05) is 18.2 Å². The summed E-state index contributed by atoms with van der Waals surface area (Å²) in [6.07, 6.45) is 0.815. The summed E-state index contributed by atoms with van der Waals surface area (Å²) in [5, 5.41) is 2.57. The molecule has 0 amide bonds. The Kier molecular flexibility index (Phi) is 3.43. The zero-order chi connectivity index (χ0) is 15.6. The molecule has 4 rings (SSSR count). The average Bonchev–Trinajstić information content (AvgIpc) is 2.96. The third-order valence-corrected chi connectivity index (χ3v) is 4.22. The van der Waals surface area contributed by atoms with Gasteiger partial charge in [0, 0.05) is 17.7 Å². The molecule has 0 radical (unpaired) electrons. The topological polar surface area (TPSA) is 28.7 Å². The van der Waals surface area contributed by atoms with Crippen molar-refractivity contribution in [2.24, 2.45) is 0 Å². The predicted molar refractivity (Wildman–Crippen MR) is 95.5 cm³/mol. The van der Waals surface area contributed by atoms with Crippen LogP contribution in [0.3, 0.4) is 0 Å². The van der Waals surface area contributed by atoms with Gasteiger partial charge in [0.2, 0.25) is 0 Å². The fourth-order valence-corrected chi connectivity index (χ4v) is 3.11. The Morgan fingerprint density at radius 3 is 2.43 bits per heavy atom. The van der Waals surface area contributed by atoms with Crippen LogP contribution in [-0.4, -0.2) is 9.97 Å². The van der Waals surface area contributed by atoms with Crippen molar-refractivity contribution in [3.63, 3.8) is 0 Å². The van der Waals surface area contributed by atoms with Crippen LogP contribution in [0.25, 0.3) is 22.0 Å². The Bertz CT molecular complexity index is 947. The van der Waals surface area contributed by atoms with Crippen molar-refractivity contribution in [1.29, 1.82) is 0 Å². The monoisotopic (exact) mass is 298 g/mol. The summed E-state index contributed by atoms with van der Waals surface area (Å²) >= 11 is 0. The van der Waals surface area contributed by atoms with Crippen molar-refractivity contribution in [2.45, 2.75) is 13.3 Å². The number of nitrogens with one attached hydrogen (secondary N) is 1. The van der Waals surface area contributed by atoms with Crippen molar-refractivity contribution >= 4 is 10.8 Å². The largest absolute Gasteiger partial charge is 0.345 e. The first-order chi connectivity index (χ1) is 11.3. The molecule has 0 saturated carbocycles. The number of hydrogen-bond acceptors (Lipinski definition) is 1. The van der Waals surface area contributed by atoms with E-state index in [-0.39, 0.29) is 0 Å². The highest BCUT2D eigenvalue weighted by molar-refractivity contribution is 5.85. The number of benzene rings is 3. The highest BCUT2D eigenvalue weighted by Gasteiger charge is 2.10. The van der Waals surface area contributed by atoms with Crippen LogP contribution in [0.4, 0.5) is 0 Å². The highest BCUT2D eigenvalue weighted by Crippen LogP contribution is 2.24. The molecule has 0 aliphatic rings. The summed E-state index contributed by atoms with van der Waals surface area (Å²) in [6.45, 7) is 2.09. The van der Waals surface area contributed by atoms with Gasteiger partial charge in [-0.1, -0.05) is 72.8 Å². The van der Waals surface area contributed by atoms with Gasteiger partial charge in [0.15, 0.2) is 0 Å². The fraction of sp³-hybridized carbons (Fsp3) is 0.0952. The quantitative estimate of drug-likeness (QED) is 0.558. The maximum atomic E-state index is 4.83. The van der Waals surface area contributed by atoms with Crippen molar-refractivity contribution in [3.8, 4) is 11.3 Å². The molecule has 3 aromatic carbocycles. The van der Waals surface area contributed by atoms with Crippen LogP contribution in [0, 0.1) is 6.92 Å². The first-order valence-corrected chi connectivity index (χ1v) is 7.89. The minimum atomic E-state index is 0.815. The highest BCUT2D eigenvalue weighted by atomic mass is 14.9. The van der Waals surface area contributed by atoms with Gasteiger partial charge >= 0.3 is 0 Å². The molecule has 0 aliphatic carbocycles. The molecule has 0 atom stereocenters. The normalized spacial score (nSPS) is 11.0. The van der Waals surface area contributed by atoms with E-state index in [9.17, 15) is 0 Å². The number of aromatic nitrogens is 2. The van der Waals surface area contributed by atoms with Crippen molar-refractivity contribution in [1.82, 2.24) is 9.97 Å². The summed E-state index contributed by atoms with van der Waals surface area (Å²) < 4.78 is 0. The third kappa shape index (κ3) is 2.64. The molecule has 2 nitrogen and oxygen atoms in total. The number of rotatable bonds is 3. The standard InChI is InChI=1S/C21H18N2/c1-15-21(17-9-3-2-4-10-17)23-20(22-15)14-18-12-7-11-16-8-5-6-13-19(16)18/h2-13H,14H2,1H3,(H,22,23). The van der Waals surface area contributed by atoms with Crippen LogP contribution in [0.15, 0.2) is 72.8 Å². The molecule has 1 aromatic heterocycles. The van der Waals surface area contributed by atoms with Crippen molar-refractivity contribution in [3.05, 3.63) is 89.9 Å². The number of fused-ring (bicyclic) bond motifs is 1. The van der Waals surface area contributed by atoms with E-state index in [1.54, 1.807) is 0 Å². The van der Waals surface area contributed by atoms with E-state index in [0.717, 1.165) is 29.2 Å². The molecule has 1 heterocycles. The van der Waals surface area contributed by atoms with E-state index >= 15 is 0 Å². The van der Waals surface area contributed by atoms with Gasteiger partial charge in [0.05, 0.1) is 5.69 Å². The van der Waals surface area contributed by atoms with E-state index in [2.05, 4.69) is 66.5 Å². The number of imidazole rings is 1. The Morgan fingerprint density at radius 2 is 1.57 bits per heavy atom. The van der Waals surface area contributed by atoms with Crippen LogP contribution < -0.4 is 0 Å². The van der Waals surface area contributed by atoms with Gasteiger partial charge in [-0.2, -0.15) is 0 Å². The van der Waals surface area contributed by atoms with E-state index in [0.29, 0.717) is 0 Å². The molecule has 0 fully saturated rings. The smallest absolute Gasteiger partial charge is 0.111 e. The lowest BCUT2D eigenvalue weighted by Crippen LogP contribution is -1.92. The molecule has 0 spiro atoms. The van der Waals surface area contributed by atoms with Gasteiger partial charge < -0.3 is 4.98 Å². The molecule has 4 aromatic rings. The summed E-state index contributed by atoms with van der Waals surface area (Å²) in [6, 6.07) is 25.3. The maximum absolute atomic E-state index is 4.83. The van der Waals surface area contributed by atoms with Crippen LogP contribution in [-0.2, 0) is 6.42 Å². The predicted octanol–water partition coefficient (Wildman–Crippen LogP) is 5.13. The Balaban J connectivity index is 1.72. The van der Waals surface area contributed by atoms with Gasteiger partial charge in [-0.25, -0.2) is 4.98 Å². The second-order valence-electron chi connectivity index (χ2n) is 5.84. The summed E-state index contributed by atoms with van der Waals surface area (Å²) in [7, 11) is 0. The number of aromatic amines is 1. The fourth-order valence-electron chi connectivity index (χ4n) is 3.11. The third-order valence-electron chi connectivity index (χ3n) is 4.22. The summed E-state index contributed by atoms with van der Waals surface area (Å²) in [4.78, 5) is 8.27. The first-order valence-electron chi connectivity index (χ1n) is 7.89. The lowest BCUT2D eigenvalue weighted by Gasteiger charge is -2.04. The molecular formula is C21H18N2. The molecular weight excluding hydrogens is 280 g/mol. The Morgan fingerprint density at radius 1 is 0.826 bits per heavy atom. The number of nitrogens with zero attached hydrogens (tertiary/aromatic N) is 1. The van der Waals surface area contributed by atoms with Gasteiger partial charge in [0.1, 0.15) is 5.82 Å². The lowest BCUT2D eigenvalue weighted by molar-refractivity contribution is 1.02. The van der Waals surface area contributed by atoms with Gasteiger partial charge in [-0.15, -0.1) is 0 Å². The average molecular weight is 298 g/mol. The SMILES string of the molecule is Cc1[nH]c(Cc2cccc3ccccc23)nc1-c1ccccc1. The molecule has 23 heavy (non-hydrogen) atoms. The van der Waals surface area contributed by atoms with Crippen LogP contribution in [0.1, 0.15) is 17.1 Å². The first kappa shape index (κ1) is 13.8. The zero-order valence-corrected chi connectivity index (χ0v) is 13.1. The number of H-pyrrole nitrogens is 1. The second kappa shape index (κ2) is 5.73. The molecule has 0 aliphatic heterocycles. The Labute approximate surface area is 135 Å². The maximum Gasteiger partial charge on any atom is 0.111 e. The number of aryl methyl sites for hydroxylation is 1. The van der Waals surface area contributed by atoms with Gasteiger partial charge in [-0.05, 0) is 23.3 Å². The van der Waals surface area contributed by atoms with Gasteiger partial charge in [0.25, 0.3) is 0 Å². The summed E-state index contributed by atoms with van der Waals surface area (Å²) in [5.74, 6) is 1.01. The molecule has 2 heteroatoms. The summed E-state index contributed by atoms with van der Waals surface area (Å²) in [5.41, 5.74) is 4.62. The lowest BCUT2D eigenvalue weighted by atomic mass is 10.0. The van der Waals surface area contributed by atoms with Crippen LogP contribution in [0.2, 0.25) is 0 Å². The van der Waals surface area contributed by atoms with Crippen LogP contribution >= 0.6 is 0 Å². The van der Waals surface area contributed by atoms with Gasteiger partial charge in [-0.3, -0.25) is 0 Å². The number of hydrogen-bond donors (Lipinski definition) is 1. The molecule has 1 N–H and O–H groups in total. The van der Waals surface area contributed by atoms with Crippen LogP contribution in [0.5, 0.6) is 0 Å². The zero-order valence-electron chi connectivity index (χ0n) is 13.1. The van der Waals surface area contributed by atoms with E-state index < -0.39 is 0 Å². The molecule has 112 valence electrons. The van der Waals surface area contributed by atoms with E-state index in [1.165, 1.54) is 16.3 Å². The minimum absolute atomic E-state index is 0.815. The molecule has 0 saturated heterocycles. The minimum Gasteiger partial charge on any atom is -0.345 e.